The van der Waals surface area contributed by atoms with Crippen LogP contribution in [0.25, 0.3) is 11.1 Å². The molecule has 0 spiro atoms. The van der Waals surface area contributed by atoms with Gasteiger partial charge >= 0.3 is 0 Å². The number of rotatable bonds is 6. The number of fused-ring (bicyclic) bond motifs is 1. The van der Waals surface area contributed by atoms with Crippen LogP contribution in [0.3, 0.4) is 0 Å². The predicted octanol–water partition coefficient (Wildman–Crippen LogP) is 4.02. The molecule has 4 rings (SSSR count). The number of carbonyl (C=O) groups excluding carboxylic acids is 2. The standard InChI is InChI=1S/C22H20N2O3S/c23-21(26)20-17-7-4-8-18(17)28-22(20)24-19(25)13-27-16-11-9-15(10-12-16)14-5-2-1-3-6-14/h1-3,5-6,9-12H,4,7-8,13H2,(H2,23,26)(H,24,25). The van der Waals surface area contributed by atoms with E-state index in [9.17, 15) is 9.59 Å². The van der Waals surface area contributed by atoms with E-state index in [4.69, 9.17) is 10.5 Å². The highest BCUT2D eigenvalue weighted by Crippen LogP contribution is 2.38. The summed E-state index contributed by atoms with van der Waals surface area (Å²) in [6, 6.07) is 17.6. The molecular formula is C22H20N2O3S. The van der Waals surface area contributed by atoms with E-state index in [-0.39, 0.29) is 12.5 Å². The van der Waals surface area contributed by atoms with Crippen molar-refractivity contribution < 1.29 is 14.3 Å². The summed E-state index contributed by atoms with van der Waals surface area (Å²) in [6.45, 7) is -0.133. The van der Waals surface area contributed by atoms with Crippen molar-refractivity contribution in [2.45, 2.75) is 19.3 Å². The number of nitrogens with two attached hydrogens (primary N) is 1. The van der Waals surface area contributed by atoms with E-state index >= 15 is 0 Å². The van der Waals surface area contributed by atoms with Gasteiger partial charge in [0.15, 0.2) is 6.61 Å². The number of anilines is 1. The molecule has 0 fully saturated rings. The van der Waals surface area contributed by atoms with Gasteiger partial charge in [0.2, 0.25) is 0 Å². The number of thiophene rings is 1. The second kappa shape index (κ2) is 7.86. The lowest BCUT2D eigenvalue weighted by Gasteiger charge is -2.09. The molecular weight excluding hydrogens is 372 g/mol. The number of benzene rings is 2. The van der Waals surface area contributed by atoms with Crippen molar-refractivity contribution in [3.63, 3.8) is 0 Å². The van der Waals surface area contributed by atoms with Crippen LogP contribution in [-0.4, -0.2) is 18.4 Å². The number of hydrogen-bond donors (Lipinski definition) is 2. The average Bonchev–Trinajstić information content (AvgIpc) is 3.28. The quantitative estimate of drug-likeness (QED) is 0.665. The smallest absolute Gasteiger partial charge is 0.262 e. The molecule has 3 N–H and O–H groups in total. The van der Waals surface area contributed by atoms with E-state index in [0.29, 0.717) is 16.3 Å². The third kappa shape index (κ3) is 3.77. The van der Waals surface area contributed by atoms with Gasteiger partial charge in [-0.3, -0.25) is 9.59 Å². The van der Waals surface area contributed by atoms with Gasteiger partial charge < -0.3 is 15.8 Å². The molecule has 6 heteroatoms. The van der Waals surface area contributed by atoms with E-state index in [0.717, 1.165) is 40.8 Å². The first kappa shape index (κ1) is 18.3. The van der Waals surface area contributed by atoms with Crippen LogP contribution in [-0.2, 0) is 17.6 Å². The van der Waals surface area contributed by atoms with Crippen molar-refractivity contribution in [1.29, 1.82) is 0 Å². The first-order valence-electron chi connectivity index (χ1n) is 9.14. The Morgan fingerprint density at radius 1 is 1.00 bits per heavy atom. The van der Waals surface area contributed by atoms with Gasteiger partial charge in [0, 0.05) is 4.88 Å². The molecule has 0 atom stereocenters. The van der Waals surface area contributed by atoms with E-state index in [1.54, 1.807) is 0 Å². The minimum absolute atomic E-state index is 0.133. The zero-order chi connectivity index (χ0) is 19.5. The Morgan fingerprint density at radius 2 is 1.71 bits per heavy atom. The van der Waals surface area contributed by atoms with Crippen LogP contribution < -0.4 is 15.8 Å². The maximum Gasteiger partial charge on any atom is 0.262 e. The molecule has 1 aliphatic rings. The van der Waals surface area contributed by atoms with Crippen LogP contribution in [0, 0.1) is 0 Å². The number of ether oxygens (including phenoxy) is 1. The third-order valence-electron chi connectivity index (χ3n) is 4.75. The van der Waals surface area contributed by atoms with Gasteiger partial charge in [-0.05, 0) is 48.1 Å². The summed E-state index contributed by atoms with van der Waals surface area (Å²) >= 11 is 1.44. The molecule has 0 saturated carbocycles. The molecule has 2 aromatic carbocycles. The lowest BCUT2D eigenvalue weighted by Crippen LogP contribution is -2.22. The molecule has 0 unspecified atom stereocenters. The second-order valence-corrected chi connectivity index (χ2v) is 7.76. The zero-order valence-electron chi connectivity index (χ0n) is 15.2. The third-order valence-corrected chi connectivity index (χ3v) is 5.96. The minimum Gasteiger partial charge on any atom is -0.484 e. The fraction of sp³-hybridized carbons (Fsp3) is 0.182. The Labute approximate surface area is 167 Å². The van der Waals surface area contributed by atoms with Crippen molar-refractivity contribution >= 4 is 28.2 Å². The molecule has 0 saturated heterocycles. The molecule has 142 valence electrons. The van der Waals surface area contributed by atoms with E-state index in [1.165, 1.54) is 11.3 Å². The summed E-state index contributed by atoms with van der Waals surface area (Å²) < 4.78 is 5.58. The molecule has 3 aromatic rings. The van der Waals surface area contributed by atoms with Gasteiger partial charge in [-0.1, -0.05) is 42.5 Å². The normalized spacial score (nSPS) is 12.4. The predicted molar refractivity (Wildman–Crippen MR) is 111 cm³/mol. The van der Waals surface area contributed by atoms with Crippen LogP contribution >= 0.6 is 11.3 Å². The highest BCUT2D eigenvalue weighted by atomic mass is 32.1. The molecule has 1 aromatic heterocycles. The minimum atomic E-state index is -0.493. The molecule has 1 heterocycles. The number of nitrogens with one attached hydrogen (secondary N) is 1. The lowest BCUT2D eigenvalue weighted by molar-refractivity contribution is -0.118. The molecule has 0 radical (unpaired) electrons. The molecule has 5 nitrogen and oxygen atoms in total. The molecule has 28 heavy (non-hydrogen) atoms. The topological polar surface area (TPSA) is 81.4 Å². The van der Waals surface area contributed by atoms with Crippen molar-refractivity contribution in [2.75, 3.05) is 11.9 Å². The lowest BCUT2D eigenvalue weighted by atomic mass is 10.1. The van der Waals surface area contributed by atoms with Gasteiger partial charge in [-0.2, -0.15) is 0 Å². The zero-order valence-corrected chi connectivity index (χ0v) is 16.1. The Bertz CT molecular complexity index is 1010. The van der Waals surface area contributed by atoms with Gasteiger partial charge in [-0.25, -0.2) is 0 Å². The fourth-order valence-electron chi connectivity index (χ4n) is 3.44. The summed E-state index contributed by atoms with van der Waals surface area (Å²) in [5.41, 5.74) is 9.17. The number of amides is 2. The summed E-state index contributed by atoms with van der Waals surface area (Å²) in [4.78, 5) is 25.2. The van der Waals surface area contributed by atoms with Crippen molar-refractivity contribution in [1.82, 2.24) is 0 Å². The second-order valence-electron chi connectivity index (χ2n) is 6.65. The van der Waals surface area contributed by atoms with E-state index in [2.05, 4.69) is 5.32 Å². The fourth-order valence-corrected chi connectivity index (χ4v) is 4.75. The van der Waals surface area contributed by atoms with Gasteiger partial charge in [-0.15, -0.1) is 11.3 Å². The van der Waals surface area contributed by atoms with Crippen molar-refractivity contribution in [3.05, 3.63) is 70.6 Å². The largest absolute Gasteiger partial charge is 0.484 e. The van der Waals surface area contributed by atoms with Crippen LogP contribution in [0.15, 0.2) is 54.6 Å². The number of carbonyl (C=O) groups is 2. The number of primary amides is 1. The molecule has 1 aliphatic carbocycles. The molecule has 0 bridgehead atoms. The van der Waals surface area contributed by atoms with E-state index in [1.807, 2.05) is 54.6 Å². The highest BCUT2D eigenvalue weighted by Gasteiger charge is 2.26. The summed E-state index contributed by atoms with van der Waals surface area (Å²) in [6.07, 6.45) is 2.79. The van der Waals surface area contributed by atoms with Crippen LogP contribution in [0.2, 0.25) is 0 Å². The summed E-state index contributed by atoms with van der Waals surface area (Å²) in [5.74, 6) is -0.194. The van der Waals surface area contributed by atoms with Crippen molar-refractivity contribution in [3.8, 4) is 16.9 Å². The molecule has 0 aliphatic heterocycles. The average molecular weight is 392 g/mol. The number of aryl methyl sites for hydroxylation is 1. The Kier molecular flexibility index (Phi) is 5.12. The van der Waals surface area contributed by atoms with Gasteiger partial charge in [0.25, 0.3) is 11.8 Å². The van der Waals surface area contributed by atoms with Crippen LogP contribution in [0.4, 0.5) is 5.00 Å². The van der Waals surface area contributed by atoms with Gasteiger partial charge in [0.05, 0.1) is 5.56 Å². The van der Waals surface area contributed by atoms with Gasteiger partial charge in [0.1, 0.15) is 10.8 Å². The summed E-state index contributed by atoms with van der Waals surface area (Å²) in [5, 5.41) is 3.32. The maximum absolute atomic E-state index is 12.3. The first-order chi connectivity index (χ1) is 13.6. The van der Waals surface area contributed by atoms with E-state index < -0.39 is 5.91 Å². The monoisotopic (exact) mass is 392 g/mol. The first-order valence-corrected chi connectivity index (χ1v) is 9.96. The SMILES string of the molecule is NC(=O)c1c(NC(=O)COc2ccc(-c3ccccc3)cc2)sc2c1CCC2. The number of hydrogen-bond acceptors (Lipinski definition) is 4. The van der Waals surface area contributed by atoms with Crippen LogP contribution in [0.1, 0.15) is 27.2 Å². The Morgan fingerprint density at radius 3 is 2.43 bits per heavy atom. The highest BCUT2D eigenvalue weighted by molar-refractivity contribution is 7.17. The summed E-state index contributed by atoms with van der Waals surface area (Å²) in [7, 11) is 0. The maximum atomic E-state index is 12.3. The molecule has 2 amide bonds. The Balaban J connectivity index is 1.38. The Hall–Kier alpha value is -3.12. The van der Waals surface area contributed by atoms with Crippen molar-refractivity contribution in [2.24, 2.45) is 5.73 Å². The van der Waals surface area contributed by atoms with Crippen LogP contribution in [0.5, 0.6) is 5.75 Å².